The van der Waals surface area contributed by atoms with E-state index < -0.39 is 6.03 Å². The van der Waals surface area contributed by atoms with Gasteiger partial charge < -0.3 is 20.1 Å². The Morgan fingerprint density at radius 3 is 2.29 bits per heavy atom. The first-order valence-corrected chi connectivity index (χ1v) is 11.5. The number of ether oxygens (including phenoxy) is 2. The number of pyridine rings is 1. The minimum absolute atomic E-state index is 0.285. The van der Waals surface area contributed by atoms with Crippen LogP contribution in [0, 0.1) is 17.1 Å². The largest absolute Gasteiger partial charge is 0.490 e. The molecule has 0 spiro atoms. The standard InChI is InChI=1S/C27H20FN7O3/c28-19-1-3-20(4-2-19)33-27(36)34-21-5-7-22(8-6-21)38-25-9-10-30-24-16-26(18(17-29)15-23(24)25)37-14-13-35-31-11-12-32-35/h1-12,15-16H,13-14H2,(H2,33,34,36). The molecular formula is C27H20FN7O3. The van der Waals surface area contributed by atoms with E-state index in [0.717, 1.165) is 0 Å². The first-order valence-electron chi connectivity index (χ1n) is 11.5. The molecule has 0 unspecified atom stereocenters. The maximum atomic E-state index is 13.0. The average Bonchev–Trinajstić information content (AvgIpc) is 3.44. The first-order chi connectivity index (χ1) is 18.6. The summed E-state index contributed by atoms with van der Waals surface area (Å²) in [7, 11) is 0. The van der Waals surface area contributed by atoms with Gasteiger partial charge in [0.1, 0.15) is 35.7 Å². The zero-order chi connectivity index (χ0) is 26.3. The average molecular weight is 510 g/mol. The van der Waals surface area contributed by atoms with Crippen LogP contribution in [0.1, 0.15) is 5.56 Å². The van der Waals surface area contributed by atoms with Crippen molar-refractivity contribution in [2.75, 3.05) is 17.2 Å². The van der Waals surface area contributed by atoms with Crippen molar-refractivity contribution in [3.63, 3.8) is 0 Å². The van der Waals surface area contributed by atoms with Gasteiger partial charge in [-0.25, -0.2) is 9.18 Å². The zero-order valence-corrected chi connectivity index (χ0v) is 19.8. The number of amides is 2. The third-order valence-corrected chi connectivity index (χ3v) is 5.38. The van der Waals surface area contributed by atoms with E-state index in [-0.39, 0.29) is 12.4 Å². The predicted molar refractivity (Wildman–Crippen MR) is 138 cm³/mol. The predicted octanol–water partition coefficient (Wildman–Crippen LogP) is 5.35. The van der Waals surface area contributed by atoms with Crippen molar-refractivity contribution in [2.45, 2.75) is 6.54 Å². The number of benzene rings is 3. The van der Waals surface area contributed by atoms with Crippen LogP contribution in [-0.2, 0) is 6.54 Å². The van der Waals surface area contributed by atoms with Crippen LogP contribution in [0.2, 0.25) is 0 Å². The van der Waals surface area contributed by atoms with E-state index in [1.54, 1.807) is 61.1 Å². The summed E-state index contributed by atoms with van der Waals surface area (Å²) in [5.41, 5.74) is 1.95. The number of halogens is 1. The molecule has 11 heteroatoms. The zero-order valence-electron chi connectivity index (χ0n) is 19.8. The molecule has 0 fully saturated rings. The Morgan fingerprint density at radius 1 is 0.921 bits per heavy atom. The second-order valence-corrected chi connectivity index (χ2v) is 7.97. The van der Waals surface area contributed by atoms with E-state index in [0.29, 0.717) is 51.6 Å². The molecule has 2 heterocycles. The third-order valence-electron chi connectivity index (χ3n) is 5.38. The number of urea groups is 1. The van der Waals surface area contributed by atoms with Gasteiger partial charge in [-0.1, -0.05) is 0 Å². The smallest absolute Gasteiger partial charge is 0.323 e. The van der Waals surface area contributed by atoms with Crippen molar-refractivity contribution in [3.8, 4) is 23.3 Å². The molecule has 5 aromatic rings. The number of rotatable bonds is 8. The quantitative estimate of drug-likeness (QED) is 0.289. The first kappa shape index (κ1) is 24.2. The second kappa shape index (κ2) is 11.0. The molecule has 38 heavy (non-hydrogen) atoms. The molecule has 3 aromatic carbocycles. The molecule has 0 aliphatic carbocycles. The summed E-state index contributed by atoms with van der Waals surface area (Å²) in [5.74, 6) is 1.05. The fraction of sp³-hybridized carbons (Fsp3) is 0.0741. The van der Waals surface area contributed by atoms with Gasteiger partial charge in [-0.15, -0.1) is 0 Å². The number of nitrogens with zero attached hydrogens (tertiary/aromatic N) is 5. The van der Waals surface area contributed by atoms with Gasteiger partial charge in [0.2, 0.25) is 0 Å². The fourth-order valence-corrected chi connectivity index (χ4v) is 3.60. The van der Waals surface area contributed by atoms with Crippen molar-refractivity contribution >= 4 is 28.3 Å². The van der Waals surface area contributed by atoms with Gasteiger partial charge in [-0.2, -0.15) is 20.3 Å². The molecule has 0 bridgehead atoms. The lowest BCUT2D eigenvalue weighted by atomic mass is 10.1. The Bertz CT molecular complexity index is 1600. The van der Waals surface area contributed by atoms with Gasteiger partial charge in [-0.3, -0.25) is 4.98 Å². The van der Waals surface area contributed by atoms with Crippen LogP contribution < -0.4 is 20.1 Å². The van der Waals surface area contributed by atoms with Crippen LogP contribution in [0.5, 0.6) is 17.2 Å². The molecule has 188 valence electrons. The van der Waals surface area contributed by atoms with Crippen LogP contribution in [0.15, 0.2) is 85.3 Å². The molecule has 0 saturated heterocycles. The highest BCUT2D eigenvalue weighted by Crippen LogP contribution is 2.33. The lowest BCUT2D eigenvalue weighted by Gasteiger charge is -2.12. The number of carbonyl (C=O) groups excluding carboxylic acids is 1. The van der Waals surface area contributed by atoms with Gasteiger partial charge in [0.05, 0.1) is 30.0 Å². The molecule has 0 radical (unpaired) electrons. The number of anilines is 2. The van der Waals surface area contributed by atoms with E-state index in [4.69, 9.17) is 9.47 Å². The lowest BCUT2D eigenvalue weighted by Crippen LogP contribution is -2.19. The number of aromatic nitrogens is 4. The number of carbonyl (C=O) groups is 1. The van der Waals surface area contributed by atoms with Crippen LogP contribution in [0.4, 0.5) is 20.6 Å². The van der Waals surface area contributed by atoms with Gasteiger partial charge in [0, 0.05) is 29.0 Å². The summed E-state index contributed by atoms with van der Waals surface area (Å²) in [4.78, 5) is 18.1. The van der Waals surface area contributed by atoms with Gasteiger partial charge >= 0.3 is 6.03 Å². The molecule has 2 aromatic heterocycles. The molecule has 10 nitrogen and oxygen atoms in total. The molecule has 0 atom stereocenters. The number of hydrogen-bond acceptors (Lipinski definition) is 7. The van der Waals surface area contributed by atoms with Gasteiger partial charge in [-0.05, 0) is 60.7 Å². The van der Waals surface area contributed by atoms with Crippen molar-refractivity contribution in [1.82, 2.24) is 20.0 Å². The van der Waals surface area contributed by atoms with Crippen LogP contribution >= 0.6 is 0 Å². The molecular weight excluding hydrogens is 489 g/mol. The molecule has 2 amide bonds. The summed E-state index contributed by atoms with van der Waals surface area (Å²) >= 11 is 0. The Kier molecular flexibility index (Phi) is 7.04. The van der Waals surface area contributed by atoms with Gasteiger partial charge in [0.25, 0.3) is 0 Å². The number of fused-ring (bicyclic) bond motifs is 1. The highest BCUT2D eigenvalue weighted by atomic mass is 19.1. The SMILES string of the molecule is N#Cc1cc2c(Oc3ccc(NC(=O)Nc4ccc(F)cc4)cc3)ccnc2cc1OCCn1nccn1. The molecule has 5 rings (SSSR count). The molecule has 0 aliphatic heterocycles. The number of nitriles is 1. The van der Waals surface area contributed by atoms with E-state index >= 15 is 0 Å². The van der Waals surface area contributed by atoms with Crippen molar-refractivity contribution in [3.05, 3.63) is 96.7 Å². The van der Waals surface area contributed by atoms with E-state index in [2.05, 4.69) is 31.9 Å². The minimum atomic E-state index is -0.464. The monoisotopic (exact) mass is 509 g/mol. The van der Waals surface area contributed by atoms with Crippen molar-refractivity contribution in [1.29, 1.82) is 5.26 Å². The number of nitrogens with one attached hydrogen (secondary N) is 2. The summed E-state index contributed by atoms with van der Waals surface area (Å²) in [6.07, 6.45) is 4.77. The Balaban J connectivity index is 1.26. The van der Waals surface area contributed by atoms with Crippen LogP contribution in [-0.4, -0.2) is 32.6 Å². The Labute approximate surface area is 216 Å². The Morgan fingerprint density at radius 2 is 1.61 bits per heavy atom. The highest BCUT2D eigenvalue weighted by molar-refractivity contribution is 5.99. The molecule has 0 aliphatic rings. The van der Waals surface area contributed by atoms with Crippen molar-refractivity contribution in [2.24, 2.45) is 0 Å². The lowest BCUT2D eigenvalue weighted by molar-refractivity contribution is 0.262. The summed E-state index contributed by atoms with van der Waals surface area (Å²) in [6.45, 7) is 0.721. The van der Waals surface area contributed by atoms with Gasteiger partial charge in [0.15, 0.2) is 0 Å². The topological polar surface area (TPSA) is 127 Å². The molecule has 2 N–H and O–H groups in total. The van der Waals surface area contributed by atoms with E-state index in [1.165, 1.54) is 29.1 Å². The highest BCUT2D eigenvalue weighted by Gasteiger charge is 2.12. The van der Waals surface area contributed by atoms with Crippen molar-refractivity contribution < 1.29 is 18.7 Å². The van der Waals surface area contributed by atoms with E-state index in [9.17, 15) is 14.4 Å². The van der Waals surface area contributed by atoms with E-state index in [1.807, 2.05) is 0 Å². The second-order valence-electron chi connectivity index (χ2n) is 7.97. The molecule has 0 saturated carbocycles. The third kappa shape index (κ3) is 5.83. The Hall–Kier alpha value is -5.50. The minimum Gasteiger partial charge on any atom is -0.490 e. The van der Waals surface area contributed by atoms with Crippen LogP contribution in [0.25, 0.3) is 10.9 Å². The maximum absolute atomic E-state index is 13.0. The summed E-state index contributed by atoms with van der Waals surface area (Å²) in [5, 5.41) is 23.7. The summed E-state index contributed by atoms with van der Waals surface area (Å²) < 4.78 is 24.9. The number of hydrogen-bond donors (Lipinski definition) is 2. The fourth-order valence-electron chi connectivity index (χ4n) is 3.60. The maximum Gasteiger partial charge on any atom is 0.323 e. The van der Waals surface area contributed by atoms with Crippen LogP contribution in [0.3, 0.4) is 0 Å². The normalized spacial score (nSPS) is 10.5. The summed E-state index contributed by atoms with van der Waals surface area (Å²) in [6, 6.07) is 19.0.